The number of fused-ring (bicyclic) bond motifs is 1. The molecule has 2 rings (SSSR count). The first-order chi connectivity index (χ1) is 6.86. The van der Waals surface area contributed by atoms with Crippen LogP contribution in [-0.4, -0.2) is 0 Å². The van der Waals surface area contributed by atoms with Gasteiger partial charge in [0.2, 0.25) is 0 Å². The van der Waals surface area contributed by atoms with Crippen molar-refractivity contribution in [3.63, 3.8) is 0 Å². The summed E-state index contributed by atoms with van der Waals surface area (Å²) in [6.45, 7) is 2.23. The Balaban J connectivity index is 2.16. The van der Waals surface area contributed by atoms with Gasteiger partial charge in [-0.2, -0.15) is 5.26 Å². The summed E-state index contributed by atoms with van der Waals surface area (Å²) in [5.74, 6) is 0. The van der Waals surface area contributed by atoms with Crippen molar-refractivity contribution in [3.05, 3.63) is 22.3 Å². The number of unbranched alkanes of at least 4 members (excludes halogenated alkanes) is 1. The zero-order chi connectivity index (χ0) is 9.97. The van der Waals surface area contributed by atoms with E-state index in [2.05, 4.69) is 13.0 Å². The molecule has 0 bridgehead atoms. The van der Waals surface area contributed by atoms with Crippen molar-refractivity contribution < 1.29 is 0 Å². The van der Waals surface area contributed by atoms with Crippen LogP contribution in [0.5, 0.6) is 0 Å². The molecule has 74 valence electrons. The van der Waals surface area contributed by atoms with E-state index in [1.54, 1.807) is 11.1 Å². The fourth-order valence-electron chi connectivity index (χ4n) is 2.63. The molecule has 0 N–H and O–H groups in total. The molecule has 0 unspecified atom stereocenters. The van der Waals surface area contributed by atoms with Gasteiger partial charge < -0.3 is 0 Å². The van der Waals surface area contributed by atoms with Gasteiger partial charge in [0, 0.05) is 12.0 Å². The molecule has 1 heteroatoms. The lowest BCUT2D eigenvalue weighted by Gasteiger charge is -2.03. The number of hydrogen-bond acceptors (Lipinski definition) is 1. The van der Waals surface area contributed by atoms with Crippen LogP contribution in [0.2, 0.25) is 0 Å². The van der Waals surface area contributed by atoms with E-state index < -0.39 is 0 Å². The van der Waals surface area contributed by atoms with Crippen LogP contribution in [0.25, 0.3) is 0 Å². The van der Waals surface area contributed by atoms with Crippen molar-refractivity contribution in [1.29, 1.82) is 5.26 Å². The average molecular weight is 187 g/mol. The third-order valence-corrected chi connectivity index (χ3v) is 3.37. The zero-order valence-corrected chi connectivity index (χ0v) is 8.90. The molecule has 14 heavy (non-hydrogen) atoms. The van der Waals surface area contributed by atoms with Gasteiger partial charge >= 0.3 is 0 Å². The maximum absolute atomic E-state index is 9.02. The summed E-state index contributed by atoms with van der Waals surface area (Å²) in [6.07, 6.45) is 8.40. The summed E-state index contributed by atoms with van der Waals surface area (Å²) in [5, 5.41) is 9.02. The van der Waals surface area contributed by atoms with E-state index in [1.807, 2.05) is 0 Å². The van der Waals surface area contributed by atoms with E-state index in [0.717, 1.165) is 18.4 Å². The number of nitriles is 1. The zero-order valence-electron chi connectivity index (χ0n) is 8.90. The molecule has 1 nitrogen and oxygen atoms in total. The molecule has 0 aromatic heterocycles. The van der Waals surface area contributed by atoms with Crippen molar-refractivity contribution >= 4 is 0 Å². The van der Waals surface area contributed by atoms with Gasteiger partial charge in [-0.15, -0.1) is 0 Å². The van der Waals surface area contributed by atoms with Crippen molar-refractivity contribution in [1.82, 2.24) is 0 Å². The smallest absolute Gasteiger partial charge is 0.0953 e. The van der Waals surface area contributed by atoms with Crippen molar-refractivity contribution in [2.24, 2.45) is 0 Å². The molecular formula is C13H17N. The molecule has 2 aliphatic carbocycles. The summed E-state index contributed by atoms with van der Waals surface area (Å²) >= 11 is 0. The van der Waals surface area contributed by atoms with E-state index in [1.165, 1.54) is 37.7 Å². The molecule has 0 heterocycles. The SMILES string of the molecule is CCCCC1=C2CCCC2=C(C#N)C1. The fourth-order valence-corrected chi connectivity index (χ4v) is 2.63. The molecule has 0 saturated heterocycles. The minimum atomic E-state index is 0.973. The predicted octanol–water partition coefficient (Wildman–Crippen LogP) is 3.88. The molecule has 0 atom stereocenters. The van der Waals surface area contributed by atoms with Gasteiger partial charge in [-0.1, -0.05) is 18.9 Å². The van der Waals surface area contributed by atoms with Gasteiger partial charge in [0.05, 0.1) is 6.07 Å². The minimum absolute atomic E-state index is 0.973. The van der Waals surface area contributed by atoms with Gasteiger partial charge in [0.25, 0.3) is 0 Å². The largest absolute Gasteiger partial charge is 0.193 e. The Bertz CT molecular complexity index is 339. The monoisotopic (exact) mass is 187 g/mol. The normalized spacial score (nSPS) is 20.3. The molecule has 0 aliphatic heterocycles. The Labute approximate surface area is 86.1 Å². The molecule has 1 saturated carbocycles. The summed E-state index contributed by atoms with van der Waals surface area (Å²) < 4.78 is 0. The molecule has 0 spiro atoms. The van der Waals surface area contributed by atoms with E-state index in [0.29, 0.717) is 0 Å². The Morgan fingerprint density at radius 3 is 2.79 bits per heavy atom. The second-order valence-corrected chi connectivity index (χ2v) is 4.28. The van der Waals surface area contributed by atoms with Gasteiger partial charge in [0.15, 0.2) is 0 Å². The van der Waals surface area contributed by atoms with Crippen LogP contribution in [0.3, 0.4) is 0 Å². The highest BCUT2D eigenvalue weighted by Gasteiger charge is 2.27. The average Bonchev–Trinajstić information content (AvgIpc) is 2.76. The summed E-state index contributed by atoms with van der Waals surface area (Å²) in [6, 6.07) is 2.38. The van der Waals surface area contributed by atoms with Gasteiger partial charge in [-0.05, 0) is 43.3 Å². The van der Waals surface area contributed by atoms with Crippen molar-refractivity contribution in [3.8, 4) is 6.07 Å². The number of rotatable bonds is 3. The highest BCUT2D eigenvalue weighted by atomic mass is 14.3. The number of allylic oxidation sites excluding steroid dienone is 4. The predicted molar refractivity (Wildman–Crippen MR) is 57.7 cm³/mol. The highest BCUT2D eigenvalue weighted by Crippen LogP contribution is 2.44. The van der Waals surface area contributed by atoms with E-state index in [9.17, 15) is 0 Å². The van der Waals surface area contributed by atoms with Crippen molar-refractivity contribution in [2.45, 2.75) is 51.9 Å². The Morgan fingerprint density at radius 1 is 1.29 bits per heavy atom. The van der Waals surface area contributed by atoms with Crippen LogP contribution in [0, 0.1) is 11.3 Å². The molecule has 0 aromatic rings. The lowest BCUT2D eigenvalue weighted by Crippen LogP contribution is -1.84. The summed E-state index contributed by atoms with van der Waals surface area (Å²) in [4.78, 5) is 0. The molecule has 0 aromatic carbocycles. The molecule has 2 aliphatic rings. The lowest BCUT2D eigenvalue weighted by molar-refractivity contribution is 0.767. The molecular weight excluding hydrogens is 170 g/mol. The van der Waals surface area contributed by atoms with Crippen LogP contribution in [0.15, 0.2) is 22.3 Å². The molecule has 0 amide bonds. The topological polar surface area (TPSA) is 23.8 Å². The van der Waals surface area contributed by atoms with Crippen molar-refractivity contribution in [2.75, 3.05) is 0 Å². The van der Waals surface area contributed by atoms with Crippen LogP contribution < -0.4 is 0 Å². The lowest BCUT2D eigenvalue weighted by atomic mass is 10.0. The van der Waals surface area contributed by atoms with Gasteiger partial charge in [-0.3, -0.25) is 0 Å². The van der Waals surface area contributed by atoms with Gasteiger partial charge in [0.1, 0.15) is 0 Å². The quantitative estimate of drug-likeness (QED) is 0.657. The first-order valence-electron chi connectivity index (χ1n) is 5.70. The summed E-state index contributed by atoms with van der Waals surface area (Å²) in [5.41, 5.74) is 5.63. The highest BCUT2D eigenvalue weighted by molar-refractivity contribution is 5.54. The second kappa shape index (κ2) is 4.00. The maximum Gasteiger partial charge on any atom is 0.0953 e. The third-order valence-electron chi connectivity index (χ3n) is 3.37. The minimum Gasteiger partial charge on any atom is -0.193 e. The van der Waals surface area contributed by atoms with Crippen LogP contribution in [0.1, 0.15) is 51.9 Å². The second-order valence-electron chi connectivity index (χ2n) is 4.28. The van der Waals surface area contributed by atoms with E-state index in [4.69, 9.17) is 5.26 Å². The molecule has 1 fully saturated rings. The third kappa shape index (κ3) is 1.50. The number of nitrogens with zero attached hydrogens (tertiary/aromatic N) is 1. The standard InChI is InChI=1S/C13H17N/c1-2-3-5-10-8-11(9-14)13-7-4-6-12(10)13/h2-8H2,1H3. The Kier molecular flexibility index (Phi) is 2.72. The number of hydrogen-bond donors (Lipinski definition) is 0. The fraction of sp³-hybridized carbons (Fsp3) is 0.615. The van der Waals surface area contributed by atoms with E-state index >= 15 is 0 Å². The van der Waals surface area contributed by atoms with Crippen LogP contribution in [-0.2, 0) is 0 Å². The van der Waals surface area contributed by atoms with Crippen LogP contribution in [0.4, 0.5) is 0 Å². The Hall–Kier alpha value is -1.03. The van der Waals surface area contributed by atoms with E-state index in [-0.39, 0.29) is 0 Å². The maximum atomic E-state index is 9.02. The first-order valence-corrected chi connectivity index (χ1v) is 5.70. The Morgan fingerprint density at radius 2 is 2.07 bits per heavy atom. The van der Waals surface area contributed by atoms with Gasteiger partial charge in [-0.25, -0.2) is 0 Å². The van der Waals surface area contributed by atoms with Crippen LogP contribution >= 0.6 is 0 Å². The first kappa shape index (κ1) is 9.52. The molecule has 0 radical (unpaired) electrons. The summed E-state index contributed by atoms with van der Waals surface area (Å²) in [7, 11) is 0.